The van der Waals surface area contributed by atoms with E-state index in [9.17, 15) is 9.59 Å². The second kappa shape index (κ2) is 6.40. The summed E-state index contributed by atoms with van der Waals surface area (Å²) in [7, 11) is 0. The standard InChI is InChI=1S/C16H17N5O2S/c1-9(2)21-14-12(8-18-21)6-11(15(23)20-14)4-5-13(22)19-16-17-7-10(3)24-16/h4-9H,1-3H3,(H,20,23)(H,17,19,22). The largest absolute Gasteiger partial charge is 0.306 e. The maximum Gasteiger partial charge on any atom is 0.256 e. The fourth-order valence-electron chi connectivity index (χ4n) is 2.26. The minimum atomic E-state index is -0.332. The predicted octanol–water partition coefficient (Wildman–Crippen LogP) is 2.72. The number of aromatic nitrogens is 4. The third-order valence-corrected chi connectivity index (χ3v) is 4.21. The molecular formula is C16H17N5O2S. The Hall–Kier alpha value is -2.74. The monoisotopic (exact) mass is 343 g/mol. The quantitative estimate of drug-likeness (QED) is 0.712. The minimum Gasteiger partial charge on any atom is -0.306 e. The van der Waals surface area contributed by atoms with Gasteiger partial charge >= 0.3 is 0 Å². The van der Waals surface area contributed by atoms with Crippen LogP contribution in [0.5, 0.6) is 0 Å². The van der Waals surface area contributed by atoms with Crippen molar-refractivity contribution in [2.75, 3.05) is 5.32 Å². The zero-order valence-corrected chi connectivity index (χ0v) is 14.3. The summed E-state index contributed by atoms with van der Waals surface area (Å²) in [6, 6.07) is 1.87. The van der Waals surface area contributed by atoms with Crippen LogP contribution in [0, 0.1) is 6.92 Å². The van der Waals surface area contributed by atoms with Gasteiger partial charge in [0.1, 0.15) is 5.65 Å². The molecule has 0 spiro atoms. The molecule has 3 rings (SSSR count). The summed E-state index contributed by atoms with van der Waals surface area (Å²) in [5.74, 6) is -0.332. The molecule has 0 aliphatic carbocycles. The van der Waals surface area contributed by atoms with Crippen molar-refractivity contribution in [3.8, 4) is 0 Å². The van der Waals surface area contributed by atoms with Gasteiger partial charge in [0.05, 0.1) is 6.20 Å². The summed E-state index contributed by atoms with van der Waals surface area (Å²) in [5.41, 5.74) is 0.810. The van der Waals surface area contributed by atoms with Crippen LogP contribution >= 0.6 is 11.3 Å². The number of anilines is 1. The van der Waals surface area contributed by atoms with Crippen molar-refractivity contribution in [3.05, 3.63) is 45.3 Å². The molecular weight excluding hydrogens is 326 g/mol. The maximum atomic E-state index is 12.2. The van der Waals surface area contributed by atoms with Gasteiger partial charge in [0.15, 0.2) is 5.13 Å². The number of aryl methyl sites for hydroxylation is 1. The lowest BCUT2D eigenvalue weighted by atomic mass is 10.2. The first-order valence-corrected chi connectivity index (χ1v) is 8.27. The lowest BCUT2D eigenvalue weighted by molar-refractivity contribution is -0.111. The molecule has 8 heteroatoms. The van der Waals surface area contributed by atoms with Crippen LogP contribution in [0.3, 0.4) is 0 Å². The van der Waals surface area contributed by atoms with Gasteiger partial charge in [-0.25, -0.2) is 9.67 Å². The van der Waals surface area contributed by atoms with Crippen molar-refractivity contribution in [1.82, 2.24) is 19.7 Å². The topological polar surface area (TPSA) is 92.7 Å². The summed E-state index contributed by atoms with van der Waals surface area (Å²) >= 11 is 1.39. The lowest BCUT2D eigenvalue weighted by Crippen LogP contribution is -2.13. The van der Waals surface area contributed by atoms with Crippen LogP contribution in [0.15, 0.2) is 29.3 Å². The molecule has 0 aromatic carbocycles. The van der Waals surface area contributed by atoms with Crippen LogP contribution in [-0.2, 0) is 4.79 Å². The zero-order valence-electron chi connectivity index (χ0n) is 13.5. The van der Waals surface area contributed by atoms with Crippen LogP contribution in [0.1, 0.15) is 30.3 Å². The fraction of sp³-hybridized carbons (Fsp3) is 0.250. The van der Waals surface area contributed by atoms with Crippen molar-refractivity contribution in [2.24, 2.45) is 0 Å². The van der Waals surface area contributed by atoms with Crippen molar-refractivity contribution in [1.29, 1.82) is 0 Å². The molecule has 3 aromatic rings. The zero-order chi connectivity index (χ0) is 17.3. The molecule has 0 atom stereocenters. The van der Waals surface area contributed by atoms with Gasteiger partial charge in [-0.15, -0.1) is 11.3 Å². The molecule has 0 saturated heterocycles. The number of fused-ring (bicyclic) bond motifs is 1. The van der Waals surface area contributed by atoms with Gasteiger partial charge in [-0.1, -0.05) is 0 Å². The number of rotatable bonds is 4. The highest BCUT2D eigenvalue weighted by Gasteiger charge is 2.09. The highest BCUT2D eigenvalue weighted by Crippen LogP contribution is 2.17. The number of hydrogen-bond donors (Lipinski definition) is 2. The Balaban J connectivity index is 1.83. The summed E-state index contributed by atoms with van der Waals surface area (Å²) in [4.78, 5) is 32.0. The number of amides is 1. The van der Waals surface area contributed by atoms with Crippen LogP contribution < -0.4 is 10.9 Å². The Bertz CT molecular complexity index is 980. The number of nitrogens with one attached hydrogen (secondary N) is 2. The number of carbonyl (C=O) groups is 1. The van der Waals surface area contributed by atoms with Gasteiger partial charge in [-0.2, -0.15) is 5.10 Å². The summed E-state index contributed by atoms with van der Waals surface area (Å²) < 4.78 is 1.75. The third-order valence-electron chi connectivity index (χ3n) is 3.38. The normalized spacial score (nSPS) is 11.7. The molecule has 3 aromatic heterocycles. The van der Waals surface area contributed by atoms with Crippen LogP contribution in [0.4, 0.5) is 5.13 Å². The van der Waals surface area contributed by atoms with Crippen molar-refractivity contribution in [3.63, 3.8) is 0 Å². The number of H-pyrrole nitrogens is 1. The minimum absolute atomic E-state index is 0.145. The highest BCUT2D eigenvalue weighted by atomic mass is 32.1. The predicted molar refractivity (Wildman–Crippen MR) is 95.3 cm³/mol. The smallest absolute Gasteiger partial charge is 0.256 e. The molecule has 24 heavy (non-hydrogen) atoms. The van der Waals surface area contributed by atoms with E-state index in [4.69, 9.17) is 0 Å². The molecule has 7 nitrogen and oxygen atoms in total. The van der Waals surface area contributed by atoms with Gasteiger partial charge in [-0.3, -0.25) is 14.9 Å². The molecule has 124 valence electrons. The maximum absolute atomic E-state index is 12.2. The number of aromatic amines is 1. The Kier molecular flexibility index (Phi) is 4.30. The SMILES string of the molecule is Cc1cnc(NC(=O)C=Cc2cc3cnn(C(C)C)c3[nH]c2=O)s1. The first-order valence-electron chi connectivity index (χ1n) is 7.46. The second-order valence-corrected chi connectivity index (χ2v) is 6.87. The summed E-state index contributed by atoms with van der Waals surface area (Å²) in [5, 5.41) is 8.28. The van der Waals surface area contributed by atoms with Crippen molar-refractivity contribution >= 4 is 39.5 Å². The average molecular weight is 343 g/mol. The number of pyridine rings is 1. The van der Waals surface area contributed by atoms with E-state index in [1.165, 1.54) is 23.5 Å². The Morgan fingerprint density at radius 2 is 2.21 bits per heavy atom. The van der Waals surface area contributed by atoms with Crippen molar-refractivity contribution < 1.29 is 4.79 Å². The molecule has 0 aliphatic rings. The van der Waals surface area contributed by atoms with Crippen LogP contribution in [0.2, 0.25) is 0 Å². The molecule has 0 fully saturated rings. The number of carbonyl (C=O) groups excluding carboxylic acids is 1. The van der Waals surface area contributed by atoms with Crippen molar-refractivity contribution in [2.45, 2.75) is 26.8 Å². The lowest BCUT2D eigenvalue weighted by Gasteiger charge is -2.06. The highest BCUT2D eigenvalue weighted by molar-refractivity contribution is 7.15. The van der Waals surface area contributed by atoms with E-state index in [1.807, 2.05) is 20.8 Å². The molecule has 0 unspecified atom stereocenters. The van der Waals surface area contributed by atoms with Gasteiger partial charge < -0.3 is 4.98 Å². The molecule has 0 bridgehead atoms. The Morgan fingerprint density at radius 3 is 2.88 bits per heavy atom. The van der Waals surface area contributed by atoms with Crippen LogP contribution in [0.25, 0.3) is 17.1 Å². The first-order chi connectivity index (χ1) is 11.4. The van der Waals surface area contributed by atoms with Gasteiger partial charge in [0, 0.05) is 34.1 Å². The Morgan fingerprint density at radius 1 is 1.42 bits per heavy atom. The first kappa shape index (κ1) is 16.1. The molecule has 3 heterocycles. The molecule has 0 aliphatic heterocycles. The molecule has 2 N–H and O–H groups in total. The fourth-order valence-corrected chi connectivity index (χ4v) is 2.93. The summed E-state index contributed by atoms with van der Waals surface area (Å²) in [6.07, 6.45) is 6.19. The molecule has 0 radical (unpaired) electrons. The van der Waals surface area contributed by atoms with E-state index in [-0.39, 0.29) is 17.5 Å². The van der Waals surface area contributed by atoms with Gasteiger partial charge in [0.2, 0.25) is 5.91 Å². The van der Waals surface area contributed by atoms with E-state index in [0.717, 1.165) is 10.3 Å². The van der Waals surface area contributed by atoms with E-state index in [1.54, 1.807) is 23.1 Å². The van der Waals surface area contributed by atoms with E-state index < -0.39 is 0 Å². The van der Waals surface area contributed by atoms with E-state index in [0.29, 0.717) is 16.3 Å². The number of nitrogens with zero attached hydrogens (tertiary/aromatic N) is 3. The third kappa shape index (κ3) is 3.28. The summed E-state index contributed by atoms with van der Waals surface area (Å²) in [6.45, 7) is 5.89. The number of thiazole rings is 1. The van der Waals surface area contributed by atoms with Gasteiger partial charge in [-0.05, 0) is 32.9 Å². The van der Waals surface area contributed by atoms with Crippen LogP contribution in [-0.4, -0.2) is 25.7 Å². The second-order valence-electron chi connectivity index (χ2n) is 5.64. The number of hydrogen-bond acceptors (Lipinski definition) is 5. The van der Waals surface area contributed by atoms with Gasteiger partial charge in [0.25, 0.3) is 5.56 Å². The molecule has 0 saturated carbocycles. The Labute approximate surface area is 142 Å². The van der Waals surface area contributed by atoms with E-state index in [2.05, 4.69) is 20.4 Å². The molecule has 1 amide bonds. The average Bonchev–Trinajstić information content (AvgIpc) is 3.10. The van der Waals surface area contributed by atoms with E-state index >= 15 is 0 Å².